The zero-order chi connectivity index (χ0) is 18.2. The molecule has 0 unspecified atom stereocenters. The van der Waals surface area contributed by atoms with Crippen LogP contribution in [0.2, 0.25) is 0 Å². The van der Waals surface area contributed by atoms with E-state index in [-0.39, 0.29) is 12.5 Å². The molecule has 1 N–H and O–H groups in total. The van der Waals surface area contributed by atoms with E-state index in [4.69, 9.17) is 14.7 Å². The summed E-state index contributed by atoms with van der Waals surface area (Å²) in [6, 6.07) is 12.8. The van der Waals surface area contributed by atoms with Gasteiger partial charge in [0.15, 0.2) is 6.61 Å². The predicted molar refractivity (Wildman–Crippen MR) is 99.7 cm³/mol. The van der Waals surface area contributed by atoms with Crippen LogP contribution in [0.3, 0.4) is 0 Å². The third-order valence-corrected chi connectivity index (χ3v) is 4.76. The molecule has 1 aromatic heterocycles. The lowest BCUT2D eigenvalue weighted by Crippen LogP contribution is -2.35. The van der Waals surface area contributed by atoms with Gasteiger partial charge in [0.25, 0.3) is 5.91 Å². The van der Waals surface area contributed by atoms with Crippen LogP contribution in [0.25, 0.3) is 0 Å². The van der Waals surface area contributed by atoms with Crippen molar-refractivity contribution in [2.75, 3.05) is 37.8 Å². The summed E-state index contributed by atoms with van der Waals surface area (Å²) >= 11 is 1.61. The van der Waals surface area contributed by atoms with E-state index < -0.39 is 0 Å². The van der Waals surface area contributed by atoms with E-state index in [2.05, 4.69) is 15.4 Å². The number of hydrogen-bond donors (Lipinski definition) is 1. The molecule has 0 aliphatic carbocycles. The van der Waals surface area contributed by atoms with Gasteiger partial charge >= 0.3 is 0 Å². The van der Waals surface area contributed by atoms with Crippen LogP contribution in [-0.2, 0) is 9.53 Å². The molecule has 1 aliphatic rings. The first-order valence-corrected chi connectivity index (χ1v) is 8.94. The summed E-state index contributed by atoms with van der Waals surface area (Å²) in [6.45, 7) is 3.04. The third kappa shape index (κ3) is 4.81. The summed E-state index contributed by atoms with van der Waals surface area (Å²) in [5.74, 6) is -0.0125. The Balaban J connectivity index is 1.47. The number of carbonyl (C=O) groups excluding carboxylic acids is 1. The minimum Gasteiger partial charge on any atom is -0.482 e. The number of amides is 1. The Hall–Kier alpha value is -2.89. The molecule has 1 aliphatic heterocycles. The minimum absolute atomic E-state index is 0.209. The Labute approximate surface area is 155 Å². The number of rotatable bonds is 6. The topological polar surface area (TPSA) is 86.9 Å². The van der Waals surface area contributed by atoms with Crippen LogP contribution in [0.5, 0.6) is 5.75 Å². The van der Waals surface area contributed by atoms with E-state index in [0.717, 1.165) is 36.2 Å². The summed E-state index contributed by atoms with van der Waals surface area (Å²) in [4.78, 5) is 15.0. The molecule has 1 aromatic carbocycles. The van der Waals surface area contributed by atoms with Crippen LogP contribution in [-0.4, -0.2) is 45.0 Å². The van der Waals surface area contributed by atoms with Crippen molar-refractivity contribution < 1.29 is 14.3 Å². The standard InChI is InChI=1S/C18H18N4O3S/c19-11-14-3-1-2-4-16(14)25-13-17(23)21-20-12-15-5-6-18(26-15)22-7-9-24-10-8-22/h1-6,12H,7-10,13H2,(H,21,23)/b20-12-. The van der Waals surface area contributed by atoms with Crippen molar-refractivity contribution in [3.63, 3.8) is 0 Å². The average molecular weight is 370 g/mol. The molecule has 26 heavy (non-hydrogen) atoms. The summed E-state index contributed by atoms with van der Waals surface area (Å²) < 4.78 is 10.7. The summed E-state index contributed by atoms with van der Waals surface area (Å²) in [5.41, 5.74) is 2.81. The fourth-order valence-corrected chi connectivity index (χ4v) is 3.32. The van der Waals surface area contributed by atoms with Gasteiger partial charge in [-0.3, -0.25) is 4.79 Å². The van der Waals surface area contributed by atoms with E-state index in [1.807, 2.05) is 18.2 Å². The number of thiophene rings is 1. The highest BCUT2D eigenvalue weighted by atomic mass is 32.1. The highest BCUT2D eigenvalue weighted by Gasteiger charge is 2.12. The number of carbonyl (C=O) groups is 1. The monoisotopic (exact) mass is 370 g/mol. The number of nitrogens with one attached hydrogen (secondary N) is 1. The zero-order valence-corrected chi connectivity index (χ0v) is 14.9. The zero-order valence-electron chi connectivity index (χ0n) is 14.1. The number of para-hydroxylation sites is 1. The van der Waals surface area contributed by atoms with Gasteiger partial charge in [0.1, 0.15) is 11.8 Å². The first kappa shape index (κ1) is 17.9. The molecule has 0 atom stereocenters. The molecule has 1 amide bonds. The van der Waals surface area contributed by atoms with Crippen LogP contribution >= 0.6 is 11.3 Å². The molecule has 1 fully saturated rings. The molecule has 0 spiro atoms. The Morgan fingerprint density at radius 3 is 2.96 bits per heavy atom. The van der Waals surface area contributed by atoms with Gasteiger partial charge in [-0.05, 0) is 24.3 Å². The first-order chi connectivity index (χ1) is 12.8. The van der Waals surface area contributed by atoms with E-state index in [1.165, 1.54) is 0 Å². The molecule has 7 nitrogen and oxygen atoms in total. The second-order valence-electron chi connectivity index (χ2n) is 5.47. The number of anilines is 1. The molecule has 0 radical (unpaired) electrons. The number of morpholine rings is 1. The SMILES string of the molecule is N#Cc1ccccc1OCC(=O)N/N=C\c1ccc(N2CCOCC2)s1. The molecule has 2 aromatic rings. The number of hydrogen-bond acceptors (Lipinski definition) is 7. The quantitative estimate of drug-likeness (QED) is 0.621. The van der Waals surface area contributed by atoms with Gasteiger partial charge in [0.2, 0.25) is 0 Å². The lowest BCUT2D eigenvalue weighted by Gasteiger charge is -2.27. The van der Waals surface area contributed by atoms with Gasteiger partial charge in [-0.1, -0.05) is 12.1 Å². The molecule has 0 bridgehead atoms. The molecular weight excluding hydrogens is 352 g/mol. The van der Waals surface area contributed by atoms with Gasteiger partial charge in [0, 0.05) is 18.0 Å². The van der Waals surface area contributed by atoms with Crippen molar-refractivity contribution in [3.05, 3.63) is 46.8 Å². The Kier molecular flexibility index (Phi) is 6.19. The number of nitriles is 1. The van der Waals surface area contributed by atoms with Crippen molar-refractivity contribution in [1.82, 2.24) is 5.43 Å². The minimum atomic E-state index is -0.390. The largest absolute Gasteiger partial charge is 0.482 e. The van der Waals surface area contributed by atoms with Gasteiger partial charge in [-0.2, -0.15) is 10.4 Å². The maximum atomic E-state index is 11.8. The molecule has 3 rings (SSSR count). The van der Waals surface area contributed by atoms with Gasteiger partial charge in [-0.25, -0.2) is 5.43 Å². The molecule has 0 saturated carbocycles. The second-order valence-corrected chi connectivity index (χ2v) is 6.56. The van der Waals surface area contributed by atoms with Gasteiger partial charge in [0.05, 0.1) is 30.0 Å². The molecular formula is C18H18N4O3S. The maximum Gasteiger partial charge on any atom is 0.277 e. The van der Waals surface area contributed by atoms with Crippen molar-refractivity contribution in [3.8, 4) is 11.8 Å². The van der Waals surface area contributed by atoms with E-state index in [0.29, 0.717) is 11.3 Å². The van der Waals surface area contributed by atoms with Crippen LogP contribution in [0.15, 0.2) is 41.5 Å². The second kappa shape index (κ2) is 8.99. The van der Waals surface area contributed by atoms with Crippen molar-refractivity contribution in [1.29, 1.82) is 5.26 Å². The Morgan fingerprint density at radius 2 is 2.15 bits per heavy atom. The predicted octanol–water partition coefficient (Wildman–Crippen LogP) is 1.99. The summed E-state index contributed by atoms with van der Waals surface area (Å²) in [7, 11) is 0. The van der Waals surface area contributed by atoms with E-state index in [1.54, 1.807) is 41.8 Å². The fourth-order valence-electron chi connectivity index (χ4n) is 2.39. The lowest BCUT2D eigenvalue weighted by atomic mass is 10.2. The lowest BCUT2D eigenvalue weighted by molar-refractivity contribution is -0.123. The normalized spacial score (nSPS) is 14.2. The van der Waals surface area contributed by atoms with E-state index in [9.17, 15) is 4.79 Å². The van der Waals surface area contributed by atoms with Crippen LogP contribution in [0.4, 0.5) is 5.00 Å². The number of hydrazone groups is 1. The van der Waals surface area contributed by atoms with Crippen LogP contribution < -0.4 is 15.1 Å². The Bertz CT molecular complexity index is 822. The summed E-state index contributed by atoms with van der Waals surface area (Å²) in [5, 5.41) is 14.1. The molecule has 1 saturated heterocycles. The van der Waals surface area contributed by atoms with Gasteiger partial charge < -0.3 is 14.4 Å². The number of nitrogens with zero attached hydrogens (tertiary/aromatic N) is 3. The molecule has 134 valence electrons. The van der Waals surface area contributed by atoms with Crippen LogP contribution in [0.1, 0.15) is 10.4 Å². The van der Waals surface area contributed by atoms with Gasteiger partial charge in [-0.15, -0.1) is 11.3 Å². The third-order valence-electron chi connectivity index (χ3n) is 3.68. The van der Waals surface area contributed by atoms with Crippen LogP contribution in [0, 0.1) is 11.3 Å². The van der Waals surface area contributed by atoms with Crippen molar-refractivity contribution in [2.45, 2.75) is 0 Å². The Morgan fingerprint density at radius 1 is 1.35 bits per heavy atom. The number of ether oxygens (including phenoxy) is 2. The van der Waals surface area contributed by atoms with Crippen molar-refractivity contribution >= 4 is 28.5 Å². The van der Waals surface area contributed by atoms with Crippen molar-refractivity contribution in [2.24, 2.45) is 5.10 Å². The average Bonchev–Trinajstić information content (AvgIpc) is 3.16. The highest BCUT2D eigenvalue weighted by molar-refractivity contribution is 7.17. The number of benzene rings is 1. The fraction of sp³-hybridized carbons (Fsp3) is 0.278. The van der Waals surface area contributed by atoms with E-state index >= 15 is 0 Å². The molecule has 8 heteroatoms. The maximum absolute atomic E-state index is 11.8. The molecule has 2 heterocycles. The summed E-state index contributed by atoms with van der Waals surface area (Å²) in [6.07, 6.45) is 1.61. The smallest absolute Gasteiger partial charge is 0.277 e. The highest BCUT2D eigenvalue weighted by Crippen LogP contribution is 2.25. The first-order valence-electron chi connectivity index (χ1n) is 8.12.